The van der Waals surface area contributed by atoms with Gasteiger partial charge in [-0.3, -0.25) is 9.69 Å². The molecule has 0 aliphatic carbocycles. The number of nitrogens with one attached hydrogen (secondary N) is 1. The first-order valence-corrected chi connectivity index (χ1v) is 4.53. The molecule has 0 bridgehead atoms. The van der Waals surface area contributed by atoms with Gasteiger partial charge < -0.3 is 5.32 Å². The first-order chi connectivity index (χ1) is 6.50. The van der Waals surface area contributed by atoms with E-state index in [9.17, 15) is 18.0 Å². The fourth-order valence-electron chi connectivity index (χ4n) is 1.35. The van der Waals surface area contributed by atoms with Crippen LogP contribution in [-0.2, 0) is 4.79 Å². The lowest BCUT2D eigenvalue weighted by atomic mass is 10.3. The molecule has 0 aromatic carbocycles. The summed E-state index contributed by atoms with van der Waals surface area (Å²) >= 11 is 0. The number of carbonyl (C=O) groups excluding carboxylic acids is 1. The molecule has 14 heavy (non-hydrogen) atoms. The molecule has 0 radical (unpaired) electrons. The van der Waals surface area contributed by atoms with Gasteiger partial charge in [0.1, 0.15) is 0 Å². The highest BCUT2D eigenvalue weighted by atomic mass is 19.4. The molecule has 0 atom stereocenters. The molecule has 3 nitrogen and oxygen atoms in total. The maximum Gasteiger partial charge on any atom is 0.451 e. The predicted octanol–water partition coefficient (Wildman–Crippen LogP) is 0.413. The summed E-state index contributed by atoms with van der Waals surface area (Å²) in [7, 11) is 0. The summed E-state index contributed by atoms with van der Waals surface area (Å²) in [6.07, 6.45) is -3.91. The second kappa shape index (κ2) is 4.75. The molecule has 1 saturated heterocycles. The molecule has 1 heterocycles. The van der Waals surface area contributed by atoms with E-state index >= 15 is 0 Å². The number of carbonyl (C=O) groups is 1. The smallest absolute Gasteiger partial charge is 0.315 e. The number of nitrogens with zero attached hydrogens (tertiary/aromatic N) is 1. The topological polar surface area (TPSA) is 32.3 Å². The normalized spacial score (nSPS) is 20.5. The SMILES string of the molecule is O=C(CN1CCCNCC1)C(F)(F)F. The minimum Gasteiger partial charge on any atom is -0.315 e. The summed E-state index contributed by atoms with van der Waals surface area (Å²) in [5.74, 6) is -1.65. The van der Waals surface area contributed by atoms with Crippen LogP contribution < -0.4 is 5.32 Å². The highest BCUT2D eigenvalue weighted by molar-refractivity contribution is 5.85. The number of Topliss-reactive ketones (excluding diaryl/α,β-unsaturated/α-hetero) is 1. The summed E-state index contributed by atoms with van der Waals surface area (Å²) in [6.45, 7) is 1.99. The Kier molecular flexibility index (Phi) is 3.88. The van der Waals surface area contributed by atoms with Crippen molar-refractivity contribution < 1.29 is 18.0 Å². The molecule has 0 aromatic heterocycles. The second-order valence-corrected chi connectivity index (χ2v) is 3.30. The Balaban J connectivity index is 2.38. The van der Waals surface area contributed by atoms with Gasteiger partial charge in [0.15, 0.2) is 0 Å². The molecular formula is C8H13F3N2O. The molecule has 6 heteroatoms. The largest absolute Gasteiger partial charge is 0.451 e. The van der Waals surface area contributed by atoms with Gasteiger partial charge in [0.05, 0.1) is 6.54 Å². The molecular weight excluding hydrogens is 197 g/mol. The zero-order chi connectivity index (χ0) is 10.6. The minimum atomic E-state index is -4.69. The van der Waals surface area contributed by atoms with Gasteiger partial charge >= 0.3 is 6.18 Å². The molecule has 0 spiro atoms. The zero-order valence-electron chi connectivity index (χ0n) is 7.73. The van der Waals surface area contributed by atoms with Crippen molar-refractivity contribution in [1.29, 1.82) is 0 Å². The quantitative estimate of drug-likeness (QED) is 0.716. The Morgan fingerprint density at radius 2 is 2.00 bits per heavy atom. The van der Waals surface area contributed by atoms with Gasteiger partial charge in [-0.1, -0.05) is 0 Å². The van der Waals surface area contributed by atoms with Gasteiger partial charge in [-0.05, 0) is 19.5 Å². The van der Waals surface area contributed by atoms with Crippen molar-refractivity contribution in [1.82, 2.24) is 10.2 Å². The molecule has 0 aromatic rings. The van der Waals surface area contributed by atoms with Crippen LogP contribution in [0.3, 0.4) is 0 Å². The Morgan fingerprint density at radius 1 is 1.29 bits per heavy atom. The van der Waals surface area contributed by atoms with Crippen LogP contribution in [0.2, 0.25) is 0 Å². The van der Waals surface area contributed by atoms with Crippen molar-refractivity contribution in [2.24, 2.45) is 0 Å². The van der Waals surface area contributed by atoms with E-state index in [1.165, 1.54) is 4.90 Å². The fraction of sp³-hybridized carbons (Fsp3) is 0.875. The second-order valence-electron chi connectivity index (χ2n) is 3.30. The van der Waals surface area contributed by atoms with Crippen LogP contribution in [0.15, 0.2) is 0 Å². The lowest BCUT2D eigenvalue weighted by Gasteiger charge is -2.18. The Hall–Kier alpha value is -0.620. The van der Waals surface area contributed by atoms with Crippen LogP contribution >= 0.6 is 0 Å². The van der Waals surface area contributed by atoms with E-state index in [0.717, 1.165) is 13.0 Å². The van der Waals surface area contributed by atoms with Gasteiger partial charge in [-0.15, -0.1) is 0 Å². The van der Waals surface area contributed by atoms with E-state index in [1.54, 1.807) is 0 Å². The minimum absolute atomic E-state index is 0.502. The first-order valence-electron chi connectivity index (χ1n) is 4.53. The standard InChI is InChI=1S/C8H13F3N2O/c9-8(10,11)7(14)6-13-4-1-2-12-3-5-13/h12H,1-6H2. The average molecular weight is 210 g/mol. The van der Waals surface area contributed by atoms with Crippen LogP contribution in [0.5, 0.6) is 0 Å². The third kappa shape index (κ3) is 3.63. The highest BCUT2D eigenvalue weighted by Gasteiger charge is 2.38. The first kappa shape index (κ1) is 11.5. The van der Waals surface area contributed by atoms with Gasteiger partial charge in [-0.25, -0.2) is 0 Å². The van der Waals surface area contributed by atoms with Crippen LogP contribution in [0.4, 0.5) is 13.2 Å². The van der Waals surface area contributed by atoms with Crippen molar-refractivity contribution >= 4 is 5.78 Å². The number of rotatable bonds is 2. The van der Waals surface area contributed by atoms with Gasteiger partial charge in [0, 0.05) is 13.1 Å². The van der Waals surface area contributed by atoms with Gasteiger partial charge in [-0.2, -0.15) is 13.2 Å². The van der Waals surface area contributed by atoms with Gasteiger partial charge in [0.2, 0.25) is 5.78 Å². The molecule has 1 aliphatic heterocycles. The zero-order valence-corrected chi connectivity index (χ0v) is 7.73. The van der Waals surface area contributed by atoms with Crippen molar-refractivity contribution in [3.63, 3.8) is 0 Å². The van der Waals surface area contributed by atoms with Crippen LogP contribution in [0, 0.1) is 0 Å². The maximum atomic E-state index is 11.9. The molecule has 0 saturated carbocycles. The predicted molar refractivity (Wildman–Crippen MR) is 45.0 cm³/mol. The summed E-state index contributed by atoms with van der Waals surface area (Å²) in [6, 6.07) is 0. The lowest BCUT2D eigenvalue weighted by Crippen LogP contribution is -2.38. The van der Waals surface area contributed by atoms with E-state index in [2.05, 4.69) is 5.32 Å². The lowest BCUT2D eigenvalue weighted by molar-refractivity contribution is -0.172. The average Bonchev–Trinajstić information content (AvgIpc) is 2.31. The van der Waals surface area contributed by atoms with Crippen LogP contribution in [0.1, 0.15) is 6.42 Å². The molecule has 1 fully saturated rings. The molecule has 0 amide bonds. The van der Waals surface area contributed by atoms with Crippen LogP contribution in [-0.4, -0.2) is 49.6 Å². The third-order valence-electron chi connectivity index (χ3n) is 2.12. The summed E-state index contributed by atoms with van der Waals surface area (Å²) < 4.78 is 35.7. The van der Waals surface area contributed by atoms with E-state index < -0.39 is 18.5 Å². The van der Waals surface area contributed by atoms with E-state index in [1.807, 2.05) is 0 Å². The Labute approximate surface area is 80.3 Å². The summed E-state index contributed by atoms with van der Waals surface area (Å²) in [5, 5.41) is 3.05. The fourth-order valence-corrected chi connectivity index (χ4v) is 1.35. The number of halogens is 3. The summed E-state index contributed by atoms with van der Waals surface area (Å²) in [4.78, 5) is 12.2. The number of ketones is 1. The van der Waals surface area contributed by atoms with Crippen molar-refractivity contribution in [3.8, 4) is 0 Å². The summed E-state index contributed by atoms with van der Waals surface area (Å²) in [5.41, 5.74) is 0. The molecule has 82 valence electrons. The van der Waals surface area contributed by atoms with E-state index in [-0.39, 0.29) is 0 Å². The van der Waals surface area contributed by atoms with E-state index in [0.29, 0.717) is 19.6 Å². The Morgan fingerprint density at radius 3 is 2.64 bits per heavy atom. The monoisotopic (exact) mass is 210 g/mol. The van der Waals surface area contributed by atoms with Crippen molar-refractivity contribution in [2.45, 2.75) is 12.6 Å². The molecule has 1 rings (SSSR count). The number of alkyl halides is 3. The number of hydrogen-bond acceptors (Lipinski definition) is 3. The van der Waals surface area contributed by atoms with Gasteiger partial charge in [0.25, 0.3) is 0 Å². The molecule has 1 N–H and O–H groups in total. The highest BCUT2D eigenvalue weighted by Crippen LogP contribution is 2.16. The van der Waals surface area contributed by atoms with Crippen molar-refractivity contribution in [2.75, 3.05) is 32.7 Å². The maximum absolute atomic E-state index is 11.9. The molecule has 1 aliphatic rings. The van der Waals surface area contributed by atoms with E-state index in [4.69, 9.17) is 0 Å². The molecule has 0 unspecified atom stereocenters. The number of hydrogen-bond donors (Lipinski definition) is 1. The van der Waals surface area contributed by atoms with Crippen LogP contribution in [0.25, 0.3) is 0 Å². The van der Waals surface area contributed by atoms with Crippen molar-refractivity contribution in [3.05, 3.63) is 0 Å². The third-order valence-corrected chi connectivity index (χ3v) is 2.12. The Bertz CT molecular complexity index is 197.